The number of ether oxygens (including phenoxy) is 2. The maximum atomic E-state index is 12.2. The summed E-state index contributed by atoms with van der Waals surface area (Å²) in [6, 6.07) is 10.8. The Hall–Kier alpha value is -3.49. The molecule has 0 heterocycles. The zero-order valence-corrected chi connectivity index (χ0v) is 16.2. The summed E-state index contributed by atoms with van der Waals surface area (Å²) >= 11 is 0. The minimum absolute atomic E-state index is 0.0163. The third-order valence-electron chi connectivity index (χ3n) is 3.82. The van der Waals surface area contributed by atoms with Gasteiger partial charge in [0.2, 0.25) is 0 Å². The standard InChI is InChI=1S/C21H21F3N2O4/c1-3-5-14-8-9-17(18(10-14)29-2)30-12-19(27)26-16-7-4-6-15(11-16)20(28)25-13-21(22,23)24/h3-4,6-11H,1,5,12-13H2,2H3,(H,25,28)(H,26,27). The van der Waals surface area contributed by atoms with E-state index in [1.165, 1.54) is 31.4 Å². The number of carbonyl (C=O) groups is 2. The minimum atomic E-state index is -4.51. The number of hydrogen-bond acceptors (Lipinski definition) is 4. The maximum Gasteiger partial charge on any atom is 0.405 e. The largest absolute Gasteiger partial charge is 0.493 e. The van der Waals surface area contributed by atoms with Crippen LogP contribution in [0, 0.1) is 0 Å². The van der Waals surface area contributed by atoms with Crippen molar-refractivity contribution in [2.75, 3.05) is 25.6 Å². The third kappa shape index (κ3) is 7.16. The van der Waals surface area contributed by atoms with Crippen LogP contribution in [0.1, 0.15) is 15.9 Å². The molecule has 0 radical (unpaired) electrons. The van der Waals surface area contributed by atoms with Crippen LogP contribution in [0.5, 0.6) is 11.5 Å². The quantitative estimate of drug-likeness (QED) is 0.604. The second-order valence-corrected chi connectivity index (χ2v) is 6.19. The molecule has 30 heavy (non-hydrogen) atoms. The lowest BCUT2D eigenvalue weighted by molar-refractivity contribution is -0.123. The van der Waals surface area contributed by atoms with Crippen LogP contribution < -0.4 is 20.1 Å². The average Bonchev–Trinajstić information content (AvgIpc) is 2.70. The van der Waals surface area contributed by atoms with Crippen molar-refractivity contribution in [3.63, 3.8) is 0 Å². The molecule has 2 amide bonds. The summed E-state index contributed by atoms with van der Waals surface area (Å²) in [5.74, 6) is -0.574. The molecular formula is C21H21F3N2O4. The molecule has 0 saturated heterocycles. The zero-order chi connectivity index (χ0) is 22.1. The number of amides is 2. The second kappa shape index (κ2) is 10.3. The van der Waals surface area contributed by atoms with Gasteiger partial charge in [-0.25, -0.2) is 0 Å². The fourth-order valence-electron chi connectivity index (χ4n) is 2.49. The van der Waals surface area contributed by atoms with Gasteiger partial charge in [0, 0.05) is 11.3 Å². The van der Waals surface area contributed by atoms with E-state index >= 15 is 0 Å². The van der Waals surface area contributed by atoms with E-state index in [1.807, 2.05) is 6.07 Å². The lowest BCUT2D eigenvalue weighted by atomic mass is 10.1. The third-order valence-corrected chi connectivity index (χ3v) is 3.82. The highest BCUT2D eigenvalue weighted by atomic mass is 19.4. The summed E-state index contributed by atoms with van der Waals surface area (Å²) in [4.78, 5) is 24.0. The Bertz CT molecular complexity index is 913. The van der Waals surface area contributed by atoms with Crippen LogP contribution in [0.3, 0.4) is 0 Å². The minimum Gasteiger partial charge on any atom is -0.493 e. The summed E-state index contributed by atoms with van der Waals surface area (Å²) in [6.45, 7) is 1.90. The maximum absolute atomic E-state index is 12.2. The zero-order valence-electron chi connectivity index (χ0n) is 16.2. The Labute approximate surface area is 171 Å². The van der Waals surface area contributed by atoms with Crippen molar-refractivity contribution in [1.29, 1.82) is 0 Å². The molecule has 0 aliphatic rings. The second-order valence-electron chi connectivity index (χ2n) is 6.19. The predicted octanol–water partition coefficient (Wildman–Crippen LogP) is 3.73. The van der Waals surface area contributed by atoms with Crippen LogP contribution >= 0.6 is 0 Å². The lowest BCUT2D eigenvalue weighted by Crippen LogP contribution is -2.33. The van der Waals surface area contributed by atoms with Gasteiger partial charge < -0.3 is 20.1 Å². The smallest absolute Gasteiger partial charge is 0.405 e. The van der Waals surface area contributed by atoms with Crippen molar-refractivity contribution in [1.82, 2.24) is 5.32 Å². The molecule has 0 atom stereocenters. The molecule has 160 valence electrons. The van der Waals surface area contributed by atoms with Gasteiger partial charge in [0.05, 0.1) is 7.11 Å². The van der Waals surface area contributed by atoms with Gasteiger partial charge in [-0.15, -0.1) is 6.58 Å². The first-order valence-electron chi connectivity index (χ1n) is 8.87. The normalized spacial score (nSPS) is 10.8. The van der Waals surface area contributed by atoms with Gasteiger partial charge in [-0.2, -0.15) is 13.2 Å². The highest BCUT2D eigenvalue weighted by molar-refractivity contribution is 5.97. The molecule has 0 fully saturated rings. The monoisotopic (exact) mass is 422 g/mol. The first-order valence-corrected chi connectivity index (χ1v) is 8.87. The summed E-state index contributed by atoms with van der Waals surface area (Å²) in [7, 11) is 1.48. The van der Waals surface area contributed by atoms with Crippen molar-refractivity contribution in [2.24, 2.45) is 0 Å². The first kappa shape index (κ1) is 22.8. The van der Waals surface area contributed by atoms with Crippen molar-refractivity contribution in [3.8, 4) is 11.5 Å². The summed E-state index contributed by atoms with van der Waals surface area (Å²) in [6.07, 6.45) is -2.10. The Balaban J connectivity index is 1.95. The Morgan fingerprint density at radius 3 is 2.57 bits per heavy atom. The molecule has 6 nitrogen and oxygen atoms in total. The van der Waals surface area contributed by atoms with Crippen molar-refractivity contribution in [3.05, 3.63) is 66.2 Å². The van der Waals surface area contributed by atoms with Crippen LogP contribution in [0.25, 0.3) is 0 Å². The molecule has 0 aliphatic carbocycles. The molecule has 9 heteroatoms. The first-order chi connectivity index (χ1) is 14.2. The number of carbonyl (C=O) groups excluding carboxylic acids is 2. The number of rotatable bonds is 9. The number of alkyl halides is 3. The Morgan fingerprint density at radius 1 is 1.13 bits per heavy atom. The number of anilines is 1. The summed E-state index contributed by atoms with van der Waals surface area (Å²) in [5, 5.41) is 4.30. The van der Waals surface area contributed by atoms with E-state index in [-0.39, 0.29) is 17.9 Å². The van der Waals surface area contributed by atoms with Crippen LogP contribution in [0.4, 0.5) is 18.9 Å². The van der Waals surface area contributed by atoms with E-state index in [0.717, 1.165) is 5.56 Å². The van der Waals surface area contributed by atoms with Gasteiger partial charge in [-0.3, -0.25) is 9.59 Å². The fraction of sp³-hybridized carbons (Fsp3) is 0.238. The van der Waals surface area contributed by atoms with Crippen LogP contribution in [0.15, 0.2) is 55.1 Å². The molecule has 0 aromatic heterocycles. The van der Waals surface area contributed by atoms with E-state index in [9.17, 15) is 22.8 Å². The topological polar surface area (TPSA) is 76.7 Å². The van der Waals surface area contributed by atoms with Gasteiger partial charge in [-0.05, 0) is 42.3 Å². The highest BCUT2D eigenvalue weighted by Crippen LogP contribution is 2.28. The SMILES string of the molecule is C=CCc1ccc(OCC(=O)Nc2cccc(C(=O)NCC(F)(F)F)c2)c(OC)c1. The molecule has 0 spiro atoms. The van der Waals surface area contributed by atoms with E-state index in [4.69, 9.17) is 9.47 Å². The molecule has 0 aliphatic heterocycles. The van der Waals surface area contributed by atoms with Gasteiger partial charge in [0.25, 0.3) is 11.8 Å². The Morgan fingerprint density at radius 2 is 1.90 bits per heavy atom. The van der Waals surface area contributed by atoms with E-state index < -0.39 is 24.5 Å². The molecule has 0 unspecified atom stereocenters. The summed E-state index contributed by atoms with van der Waals surface area (Å²) < 4.78 is 47.4. The molecule has 0 bridgehead atoms. The van der Waals surface area contributed by atoms with E-state index in [0.29, 0.717) is 17.9 Å². The highest BCUT2D eigenvalue weighted by Gasteiger charge is 2.27. The number of methoxy groups -OCH3 is 1. The lowest BCUT2D eigenvalue weighted by Gasteiger charge is -2.12. The molecular weight excluding hydrogens is 401 g/mol. The predicted molar refractivity (Wildman–Crippen MR) is 106 cm³/mol. The fourth-order valence-corrected chi connectivity index (χ4v) is 2.49. The van der Waals surface area contributed by atoms with Crippen molar-refractivity contribution in [2.45, 2.75) is 12.6 Å². The molecule has 2 aromatic carbocycles. The van der Waals surface area contributed by atoms with Crippen LogP contribution in [0.2, 0.25) is 0 Å². The number of allylic oxidation sites excluding steroid dienone is 1. The molecule has 2 N–H and O–H groups in total. The number of nitrogens with one attached hydrogen (secondary N) is 2. The van der Waals surface area contributed by atoms with Gasteiger partial charge >= 0.3 is 6.18 Å². The average molecular weight is 422 g/mol. The van der Waals surface area contributed by atoms with E-state index in [2.05, 4.69) is 11.9 Å². The Kier molecular flexibility index (Phi) is 7.85. The summed E-state index contributed by atoms with van der Waals surface area (Å²) in [5.41, 5.74) is 1.20. The van der Waals surface area contributed by atoms with Gasteiger partial charge in [-0.1, -0.05) is 18.2 Å². The van der Waals surface area contributed by atoms with Gasteiger partial charge in [0.15, 0.2) is 18.1 Å². The molecule has 0 saturated carbocycles. The number of benzene rings is 2. The van der Waals surface area contributed by atoms with Crippen LogP contribution in [-0.2, 0) is 11.2 Å². The van der Waals surface area contributed by atoms with Gasteiger partial charge in [0.1, 0.15) is 6.54 Å². The van der Waals surface area contributed by atoms with Crippen molar-refractivity contribution >= 4 is 17.5 Å². The molecule has 2 rings (SSSR count). The van der Waals surface area contributed by atoms with Crippen molar-refractivity contribution < 1.29 is 32.2 Å². The number of hydrogen-bond donors (Lipinski definition) is 2. The van der Waals surface area contributed by atoms with Crippen LogP contribution in [-0.4, -0.2) is 38.3 Å². The molecule has 2 aromatic rings. The van der Waals surface area contributed by atoms with E-state index in [1.54, 1.807) is 23.5 Å². The number of halogens is 3.